The third-order valence-electron chi connectivity index (χ3n) is 10.9. The van der Waals surface area contributed by atoms with Crippen LogP contribution in [0.2, 0.25) is 0 Å². The van der Waals surface area contributed by atoms with Gasteiger partial charge in [-0.25, -0.2) is 9.97 Å². The van der Waals surface area contributed by atoms with Gasteiger partial charge in [-0.05, 0) is 76.9 Å². The van der Waals surface area contributed by atoms with E-state index >= 15 is 0 Å². The molecule has 0 unspecified atom stereocenters. The summed E-state index contributed by atoms with van der Waals surface area (Å²) in [5.74, 6) is 0.694. The van der Waals surface area contributed by atoms with Crippen LogP contribution in [0, 0.1) is 0 Å². The normalized spacial score (nSPS) is 11.6. The zero-order valence-corrected chi connectivity index (χ0v) is 30.4. The molecule has 0 amide bonds. The molecule has 3 heterocycles. The molecule has 11 aromatic rings. The molecular weight excluding hydrogens is 681 g/mol. The summed E-state index contributed by atoms with van der Waals surface area (Å²) < 4.78 is 4.67. The number of aromatic nitrogens is 4. The van der Waals surface area contributed by atoms with Crippen molar-refractivity contribution in [1.29, 1.82) is 0 Å². The van der Waals surface area contributed by atoms with E-state index in [0.717, 1.165) is 55.7 Å². The zero-order valence-electron chi connectivity index (χ0n) is 30.4. The van der Waals surface area contributed by atoms with Crippen molar-refractivity contribution in [3.8, 4) is 56.3 Å². The topological polar surface area (TPSA) is 35.6 Å². The van der Waals surface area contributed by atoms with E-state index in [1.54, 1.807) is 0 Å². The first-order chi connectivity index (χ1) is 27.8. The molecule has 11 rings (SSSR count). The Bertz CT molecular complexity index is 3220. The second kappa shape index (κ2) is 13.1. The molecule has 0 saturated heterocycles. The Balaban J connectivity index is 1.19. The van der Waals surface area contributed by atoms with E-state index in [9.17, 15) is 0 Å². The Morgan fingerprint density at radius 3 is 1.64 bits per heavy atom. The fraction of sp³-hybridized carbons (Fsp3) is 0. The first-order valence-corrected chi connectivity index (χ1v) is 19.0. The molecule has 0 aliphatic carbocycles. The average Bonchev–Trinajstić information content (AvgIpc) is 3.80. The average molecular weight is 715 g/mol. The van der Waals surface area contributed by atoms with Crippen molar-refractivity contribution in [1.82, 2.24) is 19.1 Å². The van der Waals surface area contributed by atoms with Crippen LogP contribution in [0.1, 0.15) is 0 Å². The summed E-state index contributed by atoms with van der Waals surface area (Å²) in [6, 6.07) is 73.2. The Morgan fingerprint density at radius 2 is 0.893 bits per heavy atom. The molecule has 0 aliphatic heterocycles. The predicted molar refractivity (Wildman–Crippen MR) is 232 cm³/mol. The highest BCUT2D eigenvalue weighted by atomic mass is 15.1. The summed E-state index contributed by atoms with van der Waals surface area (Å²) >= 11 is 0. The van der Waals surface area contributed by atoms with Crippen LogP contribution in [-0.4, -0.2) is 19.1 Å². The summed E-state index contributed by atoms with van der Waals surface area (Å²) in [5, 5.41) is 4.59. The van der Waals surface area contributed by atoms with Crippen LogP contribution >= 0.6 is 0 Å². The third kappa shape index (κ3) is 5.15. The van der Waals surface area contributed by atoms with E-state index in [1.165, 1.54) is 38.5 Å². The highest BCUT2D eigenvalue weighted by molar-refractivity contribution is 6.17. The van der Waals surface area contributed by atoms with Gasteiger partial charge in [0.2, 0.25) is 0 Å². The van der Waals surface area contributed by atoms with Gasteiger partial charge in [0, 0.05) is 38.7 Å². The van der Waals surface area contributed by atoms with Crippen molar-refractivity contribution in [2.24, 2.45) is 0 Å². The molecule has 0 fully saturated rings. The smallest absolute Gasteiger partial charge is 0.162 e. The van der Waals surface area contributed by atoms with Gasteiger partial charge in [-0.1, -0.05) is 152 Å². The maximum Gasteiger partial charge on any atom is 0.162 e. The van der Waals surface area contributed by atoms with Crippen LogP contribution in [-0.2, 0) is 0 Å². The fourth-order valence-electron chi connectivity index (χ4n) is 8.43. The van der Waals surface area contributed by atoms with Crippen molar-refractivity contribution in [3.05, 3.63) is 206 Å². The summed E-state index contributed by atoms with van der Waals surface area (Å²) in [7, 11) is 0. The quantitative estimate of drug-likeness (QED) is 0.172. The Hall–Kier alpha value is -7.56. The molecule has 0 spiro atoms. The summed E-state index contributed by atoms with van der Waals surface area (Å²) in [4.78, 5) is 10.7. The molecule has 4 heteroatoms. The molecule has 4 nitrogen and oxygen atoms in total. The van der Waals surface area contributed by atoms with Gasteiger partial charge in [0.05, 0.1) is 27.6 Å². The molecule has 56 heavy (non-hydrogen) atoms. The maximum atomic E-state index is 5.41. The van der Waals surface area contributed by atoms with E-state index in [0.29, 0.717) is 5.82 Å². The Labute approximate surface area is 324 Å². The van der Waals surface area contributed by atoms with Crippen LogP contribution in [0.4, 0.5) is 0 Å². The molecule has 8 aromatic carbocycles. The van der Waals surface area contributed by atoms with Gasteiger partial charge in [0.15, 0.2) is 5.82 Å². The van der Waals surface area contributed by atoms with E-state index < -0.39 is 0 Å². The van der Waals surface area contributed by atoms with Crippen molar-refractivity contribution < 1.29 is 0 Å². The lowest BCUT2D eigenvalue weighted by atomic mass is 9.95. The minimum Gasteiger partial charge on any atom is -0.309 e. The standard InChI is InChI=1S/C52H34N4/c1-5-17-35(18-6-1)37-31-32-46-44(34-37)48-42(28-16-30-47(48)55(46)40-23-9-3-10-24-40)38-21-15-22-39(33-38)50-49-43-27-13-14-29-45(43)56(41-25-11-4-12-26-41)52(49)54-51(53-50)36-19-7-2-8-20-36/h1-34H. The highest BCUT2D eigenvalue weighted by Gasteiger charge is 2.22. The lowest BCUT2D eigenvalue weighted by Crippen LogP contribution is -1.99. The fourth-order valence-corrected chi connectivity index (χ4v) is 8.43. The van der Waals surface area contributed by atoms with Gasteiger partial charge in [-0.3, -0.25) is 4.57 Å². The van der Waals surface area contributed by atoms with E-state index in [1.807, 2.05) is 18.2 Å². The SMILES string of the molecule is c1ccc(-c2ccc3c(c2)c2c(-c4cccc(-c5nc(-c6ccccc6)nc6c5c5ccccc5n6-c5ccccc5)c4)cccc2n3-c2ccccc2)cc1. The van der Waals surface area contributed by atoms with Crippen molar-refractivity contribution in [2.75, 3.05) is 0 Å². The van der Waals surface area contributed by atoms with Crippen LogP contribution < -0.4 is 0 Å². The second-order valence-corrected chi connectivity index (χ2v) is 14.2. The van der Waals surface area contributed by atoms with Gasteiger partial charge >= 0.3 is 0 Å². The van der Waals surface area contributed by atoms with E-state index in [-0.39, 0.29) is 0 Å². The first-order valence-electron chi connectivity index (χ1n) is 19.0. The molecule has 0 radical (unpaired) electrons. The van der Waals surface area contributed by atoms with Crippen LogP contribution in [0.3, 0.4) is 0 Å². The van der Waals surface area contributed by atoms with Gasteiger partial charge in [0.1, 0.15) is 5.65 Å². The number of hydrogen-bond donors (Lipinski definition) is 0. The van der Waals surface area contributed by atoms with Crippen molar-refractivity contribution >= 4 is 43.7 Å². The lowest BCUT2D eigenvalue weighted by molar-refractivity contribution is 1.11. The minimum atomic E-state index is 0.694. The molecule has 262 valence electrons. The number of rotatable bonds is 6. The monoisotopic (exact) mass is 714 g/mol. The van der Waals surface area contributed by atoms with Crippen LogP contribution in [0.25, 0.3) is 100 Å². The van der Waals surface area contributed by atoms with Crippen LogP contribution in [0.5, 0.6) is 0 Å². The van der Waals surface area contributed by atoms with Crippen molar-refractivity contribution in [2.45, 2.75) is 0 Å². The van der Waals surface area contributed by atoms with E-state index in [4.69, 9.17) is 9.97 Å². The minimum absolute atomic E-state index is 0.694. The number of para-hydroxylation sites is 3. The van der Waals surface area contributed by atoms with E-state index in [2.05, 4.69) is 197 Å². The van der Waals surface area contributed by atoms with Gasteiger partial charge in [-0.15, -0.1) is 0 Å². The molecule has 3 aromatic heterocycles. The maximum absolute atomic E-state index is 5.41. The Kier molecular flexibility index (Phi) is 7.46. The van der Waals surface area contributed by atoms with Crippen LogP contribution in [0.15, 0.2) is 206 Å². The molecule has 0 bridgehead atoms. The third-order valence-corrected chi connectivity index (χ3v) is 10.9. The molecular formula is C52H34N4. The predicted octanol–water partition coefficient (Wildman–Crippen LogP) is 13.3. The largest absolute Gasteiger partial charge is 0.309 e. The van der Waals surface area contributed by atoms with Gasteiger partial charge < -0.3 is 4.57 Å². The number of nitrogens with zero attached hydrogens (tertiary/aromatic N) is 4. The highest BCUT2D eigenvalue weighted by Crippen LogP contribution is 2.43. The second-order valence-electron chi connectivity index (χ2n) is 14.2. The van der Waals surface area contributed by atoms with Gasteiger partial charge in [0.25, 0.3) is 0 Å². The molecule has 0 aliphatic rings. The number of hydrogen-bond acceptors (Lipinski definition) is 2. The van der Waals surface area contributed by atoms with Crippen molar-refractivity contribution in [3.63, 3.8) is 0 Å². The Morgan fingerprint density at radius 1 is 0.321 bits per heavy atom. The molecule has 0 saturated carbocycles. The zero-order chi connectivity index (χ0) is 37.0. The summed E-state index contributed by atoms with van der Waals surface area (Å²) in [6.07, 6.45) is 0. The first kappa shape index (κ1) is 31.9. The molecule has 0 N–H and O–H groups in total. The summed E-state index contributed by atoms with van der Waals surface area (Å²) in [5.41, 5.74) is 14.1. The number of fused-ring (bicyclic) bond motifs is 6. The lowest BCUT2D eigenvalue weighted by Gasteiger charge is -2.12. The van der Waals surface area contributed by atoms with Gasteiger partial charge in [-0.2, -0.15) is 0 Å². The summed E-state index contributed by atoms with van der Waals surface area (Å²) in [6.45, 7) is 0. The number of benzene rings is 8. The molecule has 0 atom stereocenters.